The van der Waals surface area contributed by atoms with E-state index in [4.69, 9.17) is 0 Å². The van der Waals surface area contributed by atoms with E-state index in [9.17, 15) is 4.39 Å². The molecule has 2 nitrogen and oxygen atoms in total. The van der Waals surface area contributed by atoms with Gasteiger partial charge in [-0.15, -0.1) is 0 Å². The van der Waals surface area contributed by atoms with Crippen molar-refractivity contribution in [1.82, 2.24) is 4.98 Å². The number of alkyl halides is 1. The third-order valence-corrected chi connectivity index (χ3v) is 3.61. The number of rotatable bonds is 4. The first-order valence-corrected chi connectivity index (χ1v) is 6.87. The van der Waals surface area contributed by atoms with Crippen molar-refractivity contribution in [3.8, 4) is 0 Å². The molecule has 1 fully saturated rings. The van der Waals surface area contributed by atoms with Crippen LogP contribution in [0.25, 0.3) is 0 Å². The van der Waals surface area contributed by atoms with Crippen LogP contribution in [0.3, 0.4) is 0 Å². The molecule has 16 heavy (non-hydrogen) atoms. The van der Waals surface area contributed by atoms with Crippen molar-refractivity contribution in [1.29, 1.82) is 0 Å². The zero-order chi connectivity index (χ0) is 11.4. The van der Waals surface area contributed by atoms with Crippen LogP contribution in [0.15, 0.2) is 18.3 Å². The van der Waals surface area contributed by atoms with Gasteiger partial charge in [-0.2, -0.15) is 0 Å². The quantitative estimate of drug-likeness (QED) is 0.789. The average molecular weight is 287 g/mol. The molecule has 1 aliphatic heterocycles. The maximum Gasteiger partial charge on any atom is 0.141 e. The fraction of sp³-hybridized carbons (Fsp3) is 0.583. The van der Waals surface area contributed by atoms with Crippen molar-refractivity contribution < 1.29 is 4.39 Å². The van der Waals surface area contributed by atoms with E-state index in [1.165, 1.54) is 37.9 Å². The Kier molecular flexibility index (Phi) is 4.16. The van der Waals surface area contributed by atoms with Crippen molar-refractivity contribution in [2.45, 2.75) is 31.7 Å². The molecule has 0 saturated carbocycles. The van der Waals surface area contributed by atoms with Crippen molar-refractivity contribution in [3.63, 3.8) is 0 Å². The normalized spacial score (nSPS) is 20.4. The summed E-state index contributed by atoms with van der Waals surface area (Å²) in [6.45, 7) is 1.05. The van der Waals surface area contributed by atoms with Crippen LogP contribution in [-0.2, 0) is 0 Å². The third kappa shape index (κ3) is 2.73. The van der Waals surface area contributed by atoms with Crippen LogP contribution in [0.5, 0.6) is 0 Å². The van der Waals surface area contributed by atoms with Gasteiger partial charge in [0, 0.05) is 17.9 Å². The highest BCUT2D eigenvalue weighted by atomic mass is 79.9. The summed E-state index contributed by atoms with van der Waals surface area (Å²) in [4.78, 5) is 6.47. The number of anilines is 1. The molecule has 0 bridgehead atoms. The van der Waals surface area contributed by atoms with Gasteiger partial charge in [-0.25, -0.2) is 9.37 Å². The van der Waals surface area contributed by atoms with Gasteiger partial charge in [0.25, 0.3) is 0 Å². The Labute approximate surface area is 104 Å². The molecule has 1 atom stereocenters. The Morgan fingerprint density at radius 1 is 1.50 bits per heavy atom. The molecule has 0 N–H and O–H groups in total. The van der Waals surface area contributed by atoms with Crippen LogP contribution in [0.2, 0.25) is 0 Å². The highest BCUT2D eigenvalue weighted by Gasteiger charge is 2.24. The van der Waals surface area contributed by atoms with Crippen molar-refractivity contribution in [3.05, 3.63) is 24.1 Å². The largest absolute Gasteiger partial charge is 0.354 e. The summed E-state index contributed by atoms with van der Waals surface area (Å²) < 4.78 is 12.8. The fourth-order valence-electron chi connectivity index (χ4n) is 2.29. The van der Waals surface area contributed by atoms with E-state index in [0.717, 1.165) is 17.7 Å². The molecule has 1 aromatic rings. The molecule has 0 aliphatic carbocycles. The second kappa shape index (κ2) is 5.62. The Morgan fingerprint density at radius 3 is 3.06 bits per heavy atom. The van der Waals surface area contributed by atoms with Crippen LogP contribution in [0, 0.1) is 5.82 Å². The molecule has 1 saturated heterocycles. The lowest BCUT2D eigenvalue weighted by atomic mass is 10.1. The summed E-state index contributed by atoms with van der Waals surface area (Å²) in [5, 5.41) is 1.05. The average Bonchev–Trinajstić information content (AvgIpc) is 2.75. The number of nitrogens with zero attached hydrogens (tertiary/aromatic N) is 2. The number of halogens is 2. The molecule has 1 aromatic heterocycles. The molecule has 88 valence electrons. The summed E-state index contributed by atoms with van der Waals surface area (Å²) in [6, 6.07) is 3.85. The topological polar surface area (TPSA) is 16.1 Å². The summed E-state index contributed by atoms with van der Waals surface area (Å²) >= 11 is 3.46. The van der Waals surface area contributed by atoms with E-state index < -0.39 is 0 Å². The minimum atomic E-state index is -0.264. The van der Waals surface area contributed by atoms with Crippen molar-refractivity contribution in [2.75, 3.05) is 16.8 Å². The lowest BCUT2D eigenvalue weighted by molar-refractivity contribution is 0.595. The molecule has 1 aliphatic rings. The van der Waals surface area contributed by atoms with Crippen LogP contribution in [-0.4, -0.2) is 22.9 Å². The Morgan fingerprint density at radius 2 is 2.38 bits per heavy atom. The number of pyridine rings is 1. The maximum absolute atomic E-state index is 12.8. The number of aromatic nitrogens is 1. The van der Waals surface area contributed by atoms with Gasteiger partial charge in [0.05, 0.1) is 6.20 Å². The fourth-order valence-corrected chi connectivity index (χ4v) is 2.61. The van der Waals surface area contributed by atoms with Crippen molar-refractivity contribution >= 4 is 21.7 Å². The smallest absolute Gasteiger partial charge is 0.141 e. The van der Waals surface area contributed by atoms with Crippen LogP contribution >= 0.6 is 15.9 Å². The van der Waals surface area contributed by atoms with Gasteiger partial charge in [-0.3, -0.25) is 0 Å². The zero-order valence-electron chi connectivity index (χ0n) is 9.20. The SMILES string of the molecule is Fc1ccc(N2CCCC2CCCBr)nc1. The molecular weight excluding hydrogens is 271 g/mol. The first kappa shape index (κ1) is 11.8. The molecular formula is C12H16BrFN2. The van der Waals surface area contributed by atoms with Gasteiger partial charge in [-0.05, 0) is 37.8 Å². The molecule has 2 heterocycles. The highest BCUT2D eigenvalue weighted by Crippen LogP contribution is 2.26. The predicted molar refractivity (Wildman–Crippen MR) is 67.6 cm³/mol. The lowest BCUT2D eigenvalue weighted by Crippen LogP contribution is -2.29. The summed E-state index contributed by atoms with van der Waals surface area (Å²) in [7, 11) is 0. The molecule has 2 rings (SSSR count). The van der Waals surface area contributed by atoms with Crippen LogP contribution < -0.4 is 4.90 Å². The predicted octanol–water partition coefficient (Wildman–Crippen LogP) is 3.36. The maximum atomic E-state index is 12.8. The van der Waals surface area contributed by atoms with E-state index in [1.807, 2.05) is 0 Å². The number of hydrogen-bond acceptors (Lipinski definition) is 2. The summed E-state index contributed by atoms with van der Waals surface area (Å²) in [5.74, 6) is 0.651. The second-order valence-electron chi connectivity index (χ2n) is 4.16. The molecule has 0 aromatic carbocycles. The van der Waals surface area contributed by atoms with Gasteiger partial charge in [0.2, 0.25) is 0 Å². The standard InChI is InChI=1S/C12H16BrFN2/c13-7-1-3-11-4-2-8-16(11)12-6-5-10(14)9-15-12/h5-6,9,11H,1-4,7-8H2. The van der Waals surface area contributed by atoms with Gasteiger partial charge >= 0.3 is 0 Å². The van der Waals surface area contributed by atoms with E-state index in [1.54, 1.807) is 6.07 Å². The van der Waals surface area contributed by atoms with E-state index in [2.05, 4.69) is 25.8 Å². The summed E-state index contributed by atoms with van der Waals surface area (Å²) in [5.41, 5.74) is 0. The molecule has 0 radical (unpaired) electrons. The van der Waals surface area contributed by atoms with Crippen LogP contribution in [0.1, 0.15) is 25.7 Å². The zero-order valence-corrected chi connectivity index (χ0v) is 10.8. The van der Waals surface area contributed by atoms with E-state index >= 15 is 0 Å². The Balaban J connectivity index is 2.04. The number of hydrogen-bond donors (Lipinski definition) is 0. The minimum Gasteiger partial charge on any atom is -0.354 e. The molecule has 1 unspecified atom stereocenters. The molecule has 4 heteroatoms. The van der Waals surface area contributed by atoms with Crippen LogP contribution in [0.4, 0.5) is 10.2 Å². The summed E-state index contributed by atoms with van der Waals surface area (Å²) in [6.07, 6.45) is 6.11. The first-order valence-electron chi connectivity index (χ1n) is 5.75. The van der Waals surface area contributed by atoms with Gasteiger partial charge in [-0.1, -0.05) is 15.9 Å². The minimum absolute atomic E-state index is 0.264. The van der Waals surface area contributed by atoms with E-state index in [0.29, 0.717) is 6.04 Å². The second-order valence-corrected chi connectivity index (χ2v) is 4.95. The van der Waals surface area contributed by atoms with Gasteiger partial charge in [0.15, 0.2) is 0 Å². The third-order valence-electron chi connectivity index (χ3n) is 3.05. The first-order chi connectivity index (χ1) is 7.81. The van der Waals surface area contributed by atoms with E-state index in [-0.39, 0.29) is 5.82 Å². The van der Waals surface area contributed by atoms with Gasteiger partial charge < -0.3 is 4.90 Å². The monoisotopic (exact) mass is 286 g/mol. The van der Waals surface area contributed by atoms with Gasteiger partial charge in [0.1, 0.15) is 11.6 Å². The molecule has 0 amide bonds. The highest BCUT2D eigenvalue weighted by molar-refractivity contribution is 9.09. The lowest BCUT2D eigenvalue weighted by Gasteiger charge is -2.25. The Hall–Kier alpha value is -0.640. The van der Waals surface area contributed by atoms with Crippen molar-refractivity contribution in [2.24, 2.45) is 0 Å². The molecule has 0 spiro atoms. The Bertz CT molecular complexity index is 328.